The number of benzene rings is 3. The molecular formula is C26H17ClF6N2O2S. The standard InChI is InChI=1S/C26H17ClF6N2O2S/c27-19-6-7-24(34-15-19)25(14-16-4-2-1-3-5-16,17-8-18(26(31,32)33)10-20(28)9-17)35-38(36,37)23-12-21(29)11-22(30)13-23/h1-13,15,35H,14H2/t25-/m1/s1. The molecule has 4 aromatic rings. The van der Waals surface area contributed by atoms with E-state index in [9.17, 15) is 34.8 Å². The molecule has 0 aliphatic carbocycles. The summed E-state index contributed by atoms with van der Waals surface area (Å²) in [5.74, 6) is -3.69. The molecule has 4 nitrogen and oxygen atoms in total. The highest BCUT2D eigenvalue weighted by Gasteiger charge is 2.43. The number of alkyl halides is 3. The molecule has 3 aromatic carbocycles. The maximum atomic E-state index is 14.7. The second-order valence-electron chi connectivity index (χ2n) is 8.37. The summed E-state index contributed by atoms with van der Waals surface area (Å²) in [6.07, 6.45) is -4.20. The van der Waals surface area contributed by atoms with Crippen LogP contribution in [0.25, 0.3) is 0 Å². The zero-order chi connectivity index (χ0) is 27.7. The largest absolute Gasteiger partial charge is 0.416 e. The van der Waals surface area contributed by atoms with E-state index >= 15 is 0 Å². The van der Waals surface area contributed by atoms with E-state index in [-0.39, 0.29) is 23.2 Å². The van der Waals surface area contributed by atoms with Crippen LogP contribution in [0.4, 0.5) is 26.3 Å². The molecule has 1 atom stereocenters. The van der Waals surface area contributed by atoms with Crippen LogP contribution in [0, 0.1) is 17.5 Å². The van der Waals surface area contributed by atoms with Crippen LogP contribution < -0.4 is 4.72 Å². The fourth-order valence-electron chi connectivity index (χ4n) is 3.99. The van der Waals surface area contributed by atoms with Crippen molar-refractivity contribution in [3.63, 3.8) is 0 Å². The molecule has 0 spiro atoms. The van der Waals surface area contributed by atoms with Crippen LogP contribution in [0.3, 0.4) is 0 Å². The van der Waals surface area contributed by atoms with Crippen molar-refractivity contribution in [2.24, 2.45) is 0 Å². The van der Waals surface area contributed by atoms with E-state index < -0.39 is 55.2 Å². The Kier molecular flexibility index (Phi) is 7.55. The molecule has 0 bridgehead atoms. The lowest BCUT2D eigenvalue weighted by Gasteiger charge is -2.35. The summed E-state index contributed by atoms with van der Waals surface area (Å²) >= 11 is 5.95. The van der Waals surface area contributed by atoms with Crippen LogP contribution >= 0.6 is 11.6 Å². The zero-order valence-electron chi connectivity index (χ0n) is 19.1. The normalized spacial score (nSPS) is 13.8. The van der Waals surface area contributed by atoms with Gasteiger partial charge in [0.15, 0.2) is 0 Å². The van der Waals surface area contributed by atoms with Gasteiger partial charge >= 0.3 is 6.18 Å². The molecule has 0 saturated heterocycles. The van der Waals surface area contributed by atoms with E-state index in [0.29, 0.717) is 29.8 Å². The number of hydrogen-bond donors (Lipinski definition) is 1. The van der Waals surface area contributed by atoms with E-state index in [2.05, 4.69) is 9.71 Å². The lowest BCUT2D eigenvalue weighted by molar-refractivity contribution is -0.137. The summed E-state index contributed by atoms with van der Waals surface area (Å²) in [5, 5.41) is 0.132. The zero-order valence-corrected chi connectivity index (χ0v) is 20.7. The molecule has 1 aromatic heterocycles. The quantitative estimate of drug-likeness (QED) is 0.254. The average molecular weight is 571 g/mol. The van der Waals surface area contributed by atoms with Crippen LogP contribution in [0.2, 0.25) is 5.02 Å². The summed E-state index contributed by atoms with van der Waals surface area (Å²) in [6, 6.07) is 13.8. The topological polar surface area (TPSA) is 59.1 Å². The monoisotopic (exact) mass is 570 g/mol. The lowest BCUT2D eigenvalue weighted by Crippen LogP contribution is -2.49. The smallest absolute Gasteiger partial charge is 0.257 e. The first-order valence-electron chi connectivity index (χ1n) is 10.8. The van der Waals surface area contributed by atoms with E-state index in [0.717, 1.165) is 12.3 Å². The molecule has 198 valence electrons. The van der Waals surface area contributed by atoms with Gasteiger partial charge in [0.25, 0.3) is 0 Å². The number of nitrogens with one attached hydrogen (secondary N) is 1. The van der Waals surface area contributed by atoms with Crippen molar-refractivity contribution >= 4 is 21.6 Å². The molecule has 4 rings (SSSR count). The van der Waals surface area contributed by atoms with E-state index in [4.69, 9.17) is 11.6 Å². The Labute approximate surface area is 219 Å². The minimum absolute atomic E-state index is 0.132. The molecule has 0 aliphatic rings. The highest BCUT2D eigenvalue weighted by atomic mass is 35.5. The van der Waals surface area contributed by atoms with Gasteiger partial charge in [0, 0.05) is 18.7 Å². The van der Waals surface area contributed by atoms with Gasteiger partial charge in [-0.25, -0.2) is 21.6 Å². The molecule has 12 heteroatoms. The highest BCUT2D eigenvalue weighted by molar-refractivity contribution is 7.89. The Morgan fingerprint density at radius 2 is 1.39 bits per heavy atom. The Morgan fingerprint density at radius 1 is 0.789 bits per heavy atom. The molecule has 1 N–H and O–H groups in total. The van der Waals surface area contributed by atoms with Crippen molar-refractivity contribution in [3.8, 4) is 0 Å². The van der Waals surface area contributed by atoms with Crippen LogP contribution in [0.1, 0.15) is 22.4 Å². The van der Waals surface area contributed by atoms with E-state index in [1.807, 2.05) is 0 Å². The SMILES string of the molecule is O=S(=O)(N[C@](Cc1ccccc1)(c1cc(F)cc(C(F)(F)F)c1)c1ccc(Cl)cn1)c1cc(F)cc(F)c1. The molecule has 0 unspecified atom stereocenters. The highest BCUT2D eigenvalue weighted by Crippen LogP contribution is 2.39. The van der Waals surface area contributed by atoms with Crippen LogP contribution in [0.15, 0.2) is 90.0 Å². The number of hydrogen-bond acceptors (Lipinski definition) is 3. The van der Waals surface area contributed by atoms with E-state index in [1.54, 1.807) is 30.3 Å². The third-order valence-corrected chi connectivity index (χ3v) is 7.35. The van der Waals surface area contributed by atoms with Gasteiger partial charge in [0.05, 0.1) is 21.2 Å². The van der Waals surface area contributed by atoms with Crippen molar-refractivity contribution in [2.75, 3.05) is 0 Å². The predicted octanol–water partition coefficient (Wildman–Crippen LogP) is 6.64. The fourth-order valence-corrected chi connectivity index (χ4v) is 5.51. The third kappa shape index (κ3) is 6.01. The van der Waals surface area contributed by atoms with Gasteiger partial charge in [-0.1, -0.05) is 41.9 Å². The van der Waals surface area contributed by atoms with Crippen molar-refractivity contribution in [2.45, 2.75) is 23.0 Å². The van der Waals surface area contributed by atoms with Crippen molar-refractivity contribution in [1.82, 2.24) is 9.71 Å². The van der Waals surface area contributed by atoms with Gasteiger partial charge in [-0.3, -0.25) is 4.98 Å². The first-order valence-corrected chi connectivity index (χ1v) is 12.7. The molecular weight excluding hydrogens is 554 g/mol. The minimum Gasteiger partial charge on any atom is -0.257 e. The lowest BCUT2D eigenvalue weighted by atomic mass is 9.81. The maximum absolute atomic E-state index is 14.7. The summed E-state index contributed by atoms with van der Waals surface area (Å²) in [4.78, 5) is 3.31. The Balaban J connectivity index is 2.05. The van der Waals surface area contributed by atoms with Crippen molar-refractivity contribution < 1.29 is 34.8 Å². The molecule has 0 saturated carbocycles. The molecule has 1 heterocycles. The van der Waals surface area contributed by atoms with Gasteiger partial charge in [0.1, 0.15) is 23.0 Å². The van der Waals surface area contributed by atoms with Gasteiger partial charge in [0.2, 0.25) is 10.0 Å². The van der Waals surface area contributed by atoms with Crippen LogP contribution in [0.5, 0.6) is 0 Å². The number of aromatic nitrogens is 1. The van der Waals surface area contributed by atoms with E-state index in [1.165, 1.54) is 12.1 Å². The van der Waals surface area contributed by atoms with Crippen molar-refractivity contribution in [1.29, 1.82) is 0 Å². The number of pyridine rings is 1. The summed E-state index contributed by atoms with van der Waals surface area (Å²) in [5.41, 5.74) is -3.74. The number of nitrogens with zero attached hydrogens (tertiary/aromatic N) is 1. The minimum atomic E-state index is -4.98. The summed E-state index contributed by atoms with van der Waals surface area (Å²) in [6.45, 7) is 0. The molecule has 0 fully saturated rings. The molecule has 0 aliphatic heterocycles. The second kappa shape index (κ2) is 10.4. The van der Waals surface area contributed by atoms with Gasteiger partial charge < -0.3 is 0 Å². The Morgan fingerprint density at radius 3 is 1.97 bits per heavy atom. The van der Waals surface area contributed by atoms with Gasteiger partial charge in [-0.05, 0) is 53.6 Å². The maximum Gasteiger partial charge on any atom is 0.416 e. The first-order chi connectivity index (χ1) is 17.8. The van der Waals surface area contributed by atoms with Gasteiger partial charge in [-0.2, -0.15) is 17.9 Å². The molecule has 0 radical (unpaired) electrons. The number of halogens is 7. The van der Waals surface area contributed by atoms with Crippen molar-refractivity contribution in [3.05, 3.63) is 130 Å². The predicted molar refractivity (Wildman–Crippen MR) is 128 cm³/mol. The Bertz CT molecular complexity index is 1550. The summed E-state index contributed by atoms with van der Waals surface area (Å²) < 4.78 is 113. The second-order valence-corrected chi connectivity index (χ2v) is 10.5. The molecule has 38 heavy (non-hydrogen) atoms. The summed E-state index contributed by atoms with van der Waals surface area (Å²) in [7, 11) is -4.86. The third-order valence-electron chi connectivity index (χ3n) is 5.65. The number of rotatable bonds is 7. The number of sulfonamides is 1. The van der Waals surface area contributed by atoms with Gasteiger partial charge in [-0.15, -0.1) is 0 Å². The molecule has 0 amide bonds. The fraction of sp³-hybridized carbons (Fsp3) is 0.115. The van der Waals surface area contributed by atoms with Crippen LogP contribution in [-0.2, 0) is 28.2 Å². The van der Waals surface area contributed by atoms with Crippen LogP contribution in [-0.4, -0.2) is 13.4 Å². The first kappa shape index (κ1) is 27.6. The Hall–Kier alpha value is -3.41. The average Bonchev–Trinajstić information content (AvgIpc) is 2.83.